The van der Waals surface area contributed by atoms with Crippen LogP contribution in [0.3, 0.4) is 0 Å². The molecule has 0 aromatic carbocycles. The van der Waals surface area contributed by atoms with Crippen molar-refractivity contribution < 1.29 is 19.8 Å². The first-order valence-corrected chi connectivity index (χ1v) is 8.69. The SMILES string of the molecule is CC(C)(CNC(=O)N(CCO)CCC1CCCCC1)CC(=O)O. The molecule has 0 saturated heterocycles. The van der Waals surface area contributed by atoms with Crippen molar-refractivity contribution in [2.24, 2.45) is 11.3 Å². The minimum Gasteiger partial charge on any atom is -0.481 e. The van der Waals surface area contributed by atoms with Crippen LogP contribution in [0.25, 0.3) is 0 Å². The Kier molecular flexibility index (Phi) is 8.37. The maximum Gasteiger partial charge on any atom is 0.317 e. The van der Waals surface area contributed by atoms with Gasteiger partial charge in [-0.3, -0.25) is 4.79 Å². The van der Waals surface area contributed by atoms with E-state index < -0.39 is 11.4 Å². The van der Waals surface area contributed by atoms with Crippen molar-refractivity contribution in [2.75, 3.05) is 26.2 Å². The van der Waals surface area contributed by atoms with Crippen LogP contribution in [0, 0.1) is 11.3 Å². The fourth-order valence-corrected chi connectivity index (χ4v) is 3.15. The summed E-state index contributed by atoms with van der Waals surface area (Å²) in [7, 11) is 0. The standard InChI is InChI=1S/C17H32N2O4/c1-17(2,12-15(21)22)13-18-16(23)19(10-11-20)9-8-14-6-4-3-5-7-14/h14,20H,3-13H2,1-2H3,(H,18,23)(H,21,22). The Bertz CT molecular complexity index is 379. The molecule has 0 atom stereocenters. The average molecular weight is 328 g/mol. The molecule has 134 valence electrons. The van der Waals surface area contributed by atoms with E-state index in [9.17, 15) is 14.7 Å². The molecule has 1 aliphatic rings. The summed E-state index contributed by atoms with van der Waals surface area (Å²) in [5.74, 6) is -0.185. The van der Waals surface area contributed by atoms with Crippen LogP contribution in [0.5, 0.6) is 0 Å². The summed E-state index contributed by atoms with van der Waals surface area (Å²) < 4.78 is 0. The van der Waals surface area contributed by atoms with Crippen molar-refractivity contribution in [3.05, 3.63) is 0 Å². The predicted molar refractivity (Wildman–Crippen MR) is 89.3 cm³/mol. The van der Waals surface area contributed by atoms with Gasteiger partial charge in [0, 0.05) is 19.6 Å². The molecule has 2 amide bonds. The van der Waals surface area contributed by atoms with Gasteiger partial charge >= 0.3 is 12.0 Å². The third-order valence-electron chi connectivity index (χ3n) is 4.54. The number of amides is 2. The molecular weight excluding hydrogens is 296 g/mol. The van der Waals surface area contributed by atoms with Crippen LogP contribution in [0.1, 0.15) is 58.8 Å². The third kappa shape index (κ3) is 8.21. The molecule has 6 nitrogen and oxygen atoms in total. The Labute approximate surface area is 139 Å². The summed E-state index contributed by atoms with van der Waals surface area (Å²) in [6.07, 6.45) is 7.33. The van der Waals surface area contributed by atoms with Gasteiger partial charge in [-0.25, -0.2) is 4.79 Å². The number of carboxylic acids is 1. The van der Waals surface area contributed by atoms with Crippen LogP contribution >= 0.6 is 0 Å². The summed E-state index contributed by atoms with van der Waals surface area (Å²) in [5, 5.41) is 20.9. The van der Waals surface area contributed by atoms with Crippen molar-refractivity contribution in [2.45, 2.75) is 58.8 Å². The molecule has 1 aliphatic carbocycles. The number of aliphatic carboxylic acids is 1. The normalized spacial score (nSPS) is 16.1. The molecular formula is C17H32N2O4. The highest BCUT2D eigenvalue weighted by Gasteiger charge is 2.24. The fraction of sp³-hybridized carbons (Fsp3) is 0.882. The molecule has 0 radical (unpaired) electrons. The van der Waals surface area contributed by atoms with Gasteiger partial charge in [-0.2, -0.15) is 0 Å². The lowest BCUT2D eigenvalue weighted by Gasteiger charge is -2.29. The second-order valence-corrected chi connectivity index (χ2v) is 7.40. The van der Waals surface area contributed by atoms with E-state index in [-0.39, 0.29) is 19.1 Å². The van der Waals surface area contributed by atoms with E-state index in [4.69, 9.17) is 5.11 Å². The molecule has 0 heterocycles. The number of urea groups is 1. The van der Waals surface area contributed by atoms with Crippen molar-refractivity contribution in [3.63, 3.8) is 0 Å². The summed E-state index contributed by atoms with van der Waals surface area (Å²) in [6.45, 7) is 4.86. The first-order chi connectivity index (χ1) is 10.8. The smallest absolute Gasteiger partial charge is 0.317 e. The number of nitrogens with one attached hydrogen (secondary N) is 1. The van der Waals surface area contributed by atoms with Gasteiger partial charge in [-0.15, -0.1) is 0 Å². The Morgan fingerprint density at radius 1 is 1.17 bits per heavy atom. The van der Waals surface area contributed by atoms with E-state index in [1.807, 2.05) is 13.8 Å². The summed E-state index contributed by atoms with van der Waals surface area (Å²) in [6, 6.07) is -0.215. The van der Waals surface area contributed by atoms with Gasteiger partial charge in [0.15, 0.2) is 0 Å². The lowest BCUT2D eigenvalue weighted by Crippen LogP contribution is -2.45. The Balaban J connectivity index is 2.41. The van der Waals surface area contributed by atoms with Crippen LogP contribution in [0.15, 0.2) is 0 Å². The van der Waals surface area contributed by atoms with Crippen LogP contribution in [-0.4, -0.2) is 53.4 Å². The van der Waals surface area contributed by atoms with Gasteiger partial charge < -0.3 is 20.4 Å². The van der Waals surface area contributed by atoms with E-state index in [1.165, 1.54) is 32.1 Å². The first kappa shape index (κ1) is 19.7. The largest absolute Gasteiger partial charge is 0.481 e. The molecule has 23 heavy (non-hydrogen) atoms. The van der Waals surface area contributed by atoms with Crippen molar-refractivity contribution in [3.8, 4) is 0 Å². The third-order valence-corrected chi connectivity index (χ3v) is 4.54. The highest BCUT2D eigenvalue weighted by Crippen LogP contribution is 2.26. The molecule has 0 aromatic heterocycles. The Morgan fingerprint density at radius 3 is 2.39 bits per heavy atom. The summed E-state index contributed by atoms with van der Waals surface area (Å²) in [5.41, 5.74) is -0.490. The minimum atomic E-state index is -0.867. The van der Waals surface area contributed by atoms with E-state index >= 15 is 0 Å². The second-order valence-electron chi connectivity index (χ2n) is 7.40. The number of aliphatic hydroxyl groups is 1. The quantitative estimate of drug-likeness (QED) is 0.606. The fourth-order valence-electron chi connectivity index (χ4n) is 3.15. The Morgan fingerprint density at radius 2 is 1.83 bits per heavy atom. The first-order valence-electron chi connectivity index (χ1n) is 8.69. The lowest BCUT2D eigenvalue weighted by molar-refractivity contribution is -0.139. The summed E-state index contributed by atoms with van der Waals surface area (Å²) >= 11 is 0. The summed E-state index contributed by atoms with van der Waals surface area (Å²) in [4.78, 5) is 24.8. The average Bonchev–Trinajstić information content (AvgIpc) is 2.49. The minimum absolute atomic E-state index is 0.00928. The van der Waals surface area contributed by atoms with Crippen LogP contribution in [0.2, 0.25) is 0 Å². The molecule has 3 N–H and O–H groups in total. The molecule has 0 aliphatic heterocycles. The number of hydrogen-bond acceptors (Lipinski definition) is 3. The van der Waals surface area contributed by atoms with Gasteiger partial charge in [0.25, 0.3) is 0 Å². The topological polar surface area (TPSA) is 89.9 Å². The zero-order valence-electron chi connectivity index (χ0n) is 14.5. The van der Waals surface area contributed by atoms with E-state index in [0.717, 1.165) is 6.42 Å². The molecule has 1 rings (SSSR count). The van der Waals surface area contributed by atoms with Crippen molar-refractivity contribution in [1.29, 1.82) is 0 Å². The van der Waals surface area contributed by atoms with E-state index in [2.05, 4.69) is 5.32 Å². The maximum atomic E-state index is 12.3. The molecule has 0 spiro atoms. The highest BCUT2D eigenvalue weighted by molar-refractivity contribution is 5.74. The molecule has 0 unspecified atom stereocenters. The van der Waals surface area contributed by atoms with Gasteiger partial charge in [0.1, 0.15) is 0 Å². The zero-order chi connectivity index (χ0) is 17.3. The van der Waals surface area contributed by atoms with Gasteiger partial charge in [0.05, 0.1) is 13.0 Å². The second kappa shape index (κ2) is 9.75. The highest BCUT2D eigenvalue weighted by atomic mass is 16.4. The predicted octanol–water partition coefficient (Wildman–Crippen LogP) is 2.46. The molecule has 1 saturated carbocycles. The van der Waals surface area contributed by atoms with E-state index in [0.29, 0.717) is 25.6 Å². The van der Waals surface area contributed by atoms with E-state index in [1.54, 1.807) is 4.90 Å². The van der Waals surface area contributed by atoms with Gasteiger partial charge in [0.2, 0.25) is 0 Å². The molecule has 0 bridgehead atoms. The Hall–Kier alpha value is -1.30. The monoisotopic (exact) mass is 328 g/mol. The van der Waals surface area contributed by atoms with Crippen molar-refractivity contribution >= 4 is 12.0 Å². The van der Waals surface area contributed by atoms with Gasteiger partial charge in [-0.05, 0) is 17.8 Å². The molecule has 1 fully saturated rings. The lowest BCUT2D eigenvalue weighted by atomic mass is 9.87. The number of aliphatic hydroxyl groups excluding tert-OH is 1. The number of carbonyl (C=O) groups is 2. The number of hydrogen-bond donors (Lipinski definition) is 3. The molecule has 0 aromatic rings. The number of carboxylic acid groups (broad SMARTS) is 1. The maximum absolute atomic E-state index is 12.3. The van der Waals surface area contributed by atoms with Crippen molar-refractivity contribution in [1.82, 2.24) is 10.2 Å². The number of carbonyl (C=O) groups excluding carboxylic acids is 1. The number of nitrogens with zero attached hydrogens (tertiary/aromatic N) is 1. The van der Waals surface area contributed by atoms with Gasteiger partial charge in [-0.1, -0.05) is 46.0 Å². The van der Waals surface area contributed by atoms with Crippen LogP contribution in [0.4, 0.5) is 4.79 Å². The number of rotatable bonds is 9. The molecule has 6 heteroatoms. The van der Waals surface area contributed by atoms with Crippen LogP contribution in [-0.2, 0) is 4.79 Å². The zero-order valence-corrected chi connectivity index (χ0v) is 14.5. The van der Waals surface area contributed by atoms with Crippen LogP contribution < -0.4 is 5.32 Å².